The molecule has 4 aromatic rings. The van der Waals surface area contributed by atoms with Crippen molar-refractivity contribution in [2.45, 2.75) is 53.1 Å². The van der Waals surface area contributed by atoms with E-state index in [0.717, 1.165) is 44.9 Å². The van der Waals surface area contributed by atoms with Crippen LogP contribution in [0.1, 0.15) is 39.6 Å². The Hall–Kier alpha value is -2.90. The number of hydrogen-bond acceptors (Lipinski definition) is 5. The maximum atomic E-state index is 13.7. The molecule has 34 heavy (non-hydrogen) atoms. The van der Waals surface area contributed by atoms with E-state index in [1.54, 1.807) is 15.9 Å². The number of anilines is 1. The molecule has 7 heteroatoms. The van der Waals surface area contributed by atoms with E-state index in [1.165, 1.54) is 22.2 Å². The van der Waals surface area contributed by atoms with Crippen molar-refractivity contribution in [3.8, 4) is 5.69 Å². The van der Waals surface area contributed by atoms with E-state index in [-0.39, 0.29) is 17.2 Å². The molecule has 0 spiro atoms. The number of rotatable bonds is 6. The number of thiophene rings is 1. The fourth-order valence-corrected chi connectivity index (χ4v) is 6.22. The van der Waals surface area contributed by atoms with Crippen molar-refractivity contribution in [2.75, 3.05) is 11.1 Å². The summed E-state index contributed by atoms with van der Waals surface area (Å²) in [6.45, 7) is 12.1. The molecule has 0 saturated carbocycles. The van der Waals surface area contributed by atoms with Crippen LogP contribution in [0.15, 0.2) is 46.3 Å². The van der Waals surface area contributed by atoms with Gasteiger partial charge in [-0.05, 0) is 69.9 Å². The van der Waals surface area contributed by atoms with Crippen LogP contribution >= 0.6 is 23.1 Å². The van der Waals surface area contributed by atoms with E-state index < -0.39 is 0 Å². The number of hydrogen-bond donors (Lipinski definition) is 1. The Morgan fingerprint density at radius 2 is 1.68 bits per heavy atom. The minimum Gasteiger partial charge on any atom is -0.325 e. The standard InChI is InChI=1S/C27H29N3O2S2/c1-7-21-19(6)23-25(34-21)29-27(30(26(23)32)20-10-8-15(2)9-11-20)33-14-22(31)28-24-17(4)12-16(3)13-18(24)5/h8-13H,7,14H2,1-6H3,(H,28,31). The zero-order chi connectivity index (χ0) is 24.6. The molecule has 0 saturated heterocycles. The number of carbonyl (C=O) groups excluding carboxylic acids is 1. The number of aryl methyl sites for hydroxylation is 6. The second kappa shape index (κ2) is 9.76. The van der Waals surface area contributed by atoms with Gasteiger partial charge in [-0.2, -0.15) is 0 Å². The molecule has 0 radical (unpaired) electrons. The summed E-state index contributed by atoms with van der Waals surface area (Å²) in [5, 5.41) is 4.24. The number of carbonyl (C=O) groups is 1. The van der Waals surface area contributed by atoms with Crippen LogP contribution in [0, 0.1) is 34.6 Å². The highest BCUT2D eigenvalue weighted by atomic mass is 32.2. The predicted octanol–water partition coefficient (Wildman–Crippen LogP) is 6.28. The van der Waals surface area contributed by atoms with Crippen LogP contribution in [-0.4, -0.2) is 21.2 Å². The lowest BCUT2D eigenvalue weighted by Gasteiger charge is -2.14. The van der Waals surface area contributed by atoms with Crippen LogP contribution in [0.25, 0.3) is 15.9 Å². The van der Waals surface area contributed by atoms with Crippen molar-refractivity contribution >= 4 is 44.9 Å². The summed E-state index contributed by atoms with van der Waals surface area (Å²) in [6, 6.07) is 11.9. The Kier molecular flexibility index (Phi) is 6.96. The first-order chi connectivity index (χ1) is 16.2. The first-order valence-corrected chi connectivity index (χ1v) is 13.1. The molecule has 0 aliphatic rings. The van der Waals surface area contributed by atoms with Crippen molar-refractivity contribution in [1.82, 2.24) is 9.55 Å². The van der Waals surface area contributed by atoms with E-state index in [0.29, 0.717) is 10.5 Å². The summed E-state index contributed by atoms with van der Waals surface area (Å²) >= 11 is 2.85. The van der Waals surface area contributed by atoms with Gasteiger partial charge in [0.25, 0.3) is 5.56 Å². The molecule has 2 aromatic carbocycles. The third-order valence-corrected chi connectivity index (χ3v) is 8.19. The SMILES string of the molecule is CCc1sc2nc(SCC(=O)Nc3c(C)cc(C)cc3C)n(-c3ccc(C)cc3)c(=O)c2c1C. The lowest BCUT2D eigenvalue weighted by Crippen LogP contribution is -2.23. The lowest BCUT2D eigenvalue weighted by molar-refractivity contribution is -0.113. The van der Waals surface area contributed by atoms with Crippen molar-refractivity contribution < 1.29 is 4.79 Å². The quantitative estimate of drug-likeness (QED) is 0.255. The molecule has 5 nitrogen and oxygen atoms in total. The maximum Gasteiger partial charge on any atom is 0.267 e. The van der Waals surface area contributed by atoms with Crippen LogP contribution in [0.5, 0.6) is 0 Å². The van der Waals surface area contributed by atoms with Crippen LogP contribution < -0.4 is 10.9 Å². The number of nitrogens with one attached hydrogen (secondary N) is 1. The Bertz CT molecular complexity index is 1430. The number of thioether (sulfide) groups is 1. The smallest absolute Gasteiger partial charge is 0.267 e. The number of aromatic nitrogens is 2. The number of fused-ring (bicyclic) bond motifs is 1. The van der Waals surface area contributed by atoms with E-state index in [1.807, 2.05) is 58.9 Å². The van der Waals surface area contributed by atoms with Crippen LogP contribution in [0.2, 0.25) is 0 Å². The van der Waals surface area contributed by atoms with Gasteiger partial charge in [-0.15, -0.1) is 11.3 Å². The van der Waals surface area contributed by atoms with Gasteiger partial charge >= 0.3 is 0 Å². The lowest BCUT2D eigenvalue weighted by atomic mass is 10.1. The van der Waals surface area contributed by atoms with Crippen molar-refractivity contribution in [3.63, 3.8) is 0 Å². The van der Waals surface area contributed by atoms with Gasteiger partial charge in [0.05, 0.1) is 16.8 Å². The maximum absolute atomic E-state index is 13.7. The minimum atomic E-state index is -0.124. The normalized spacial score (nSPS) is 11.2. The number of nitrogens with zero attached hydrogens (tertiary/aromatic N) is 2. The summed E-state index contributed by atoms with van der Waals surface area (Å²) in [5.74, 6) is 0.0307. The molecule has 0 atom stereocenters. The zero-order valence-electron chi connectivity index (χ0n) is 20.4. The van der Waals surface area contributed by atoms with Crippen molar-refractivity contribution in [1.29, 1.82) is 0 Å². The highest BCUT2D eigenvalue weighted by molar-refractivity contribution is 7.99. The van der Waals surface area contributed by atoms with Gasteiger partial charge in [-0.3, -0.25) is 14.2 Å². The molecule has 2 aromatic heterocycles. The second-order valence-corrected chi connectivity index (χ2v) is 10.7. The summed E-state index contributed by atoms with van der Waals surface area (Å²) in [4.78, 5) is 33.3. The van der Waals surface area contributed by atoms with E-state index in [4.69, 9.17) is 4.98 Å². The molecule has 176 valence electrons. The fraction of sp³-hybridized carbons (Fsp3) is 0.296. The summed E-state index contributed by atoms with van der Waals surface area (Å²) in [6.07, 6.45) is 0.858. The van der Waals surface area contributed by atoms with Crippen LogP contribution in [-0.2, 0) is 11.2 Å². The largest absolute Gasteiger partial charge is 0.325 e. The topological polar surface area (TPSA) is 64.0 Å². The van der Waals surface area contributed by atoms with Crippen LogP contribution in [0.4, 0.5) is 5.69 Å². The van der Waals surface area contributed by atoms with Gasteiger partial charge in [-0.1, -0.05) is 54.1 Å². The predicted molar refractivity (Wildman–Crippen MR) is 144 cm³/mol. The Balaban J connectivity index is 1.71. The molecule has 0 bridgehead atoms. The molecule has 1 amide bonds. The van der Waals surface area contributed by atoms with Gasteiger partial charge in [0.15, 0.2) is 5.16 Å². The molecular formula is C27H29N3O2S2. The van der Waals surface area contributed by atoms with E-state index >= 15 is 0 Å². The van der Waals surface area contributed by atoms with Crippen molar-refractivity contribution in [3.05, 3.63) is 79.4 Å². The van der Waals surface area contributed by atoms with E-state index in [2.05, 4.69) is 24.4 Å². The molecule has 4 rings (SSSR count). The van der Waals surface area contributed by atoms with Crippen molar-refractivity contribution in [2.24, 2.45) is 0 Å². The third kappa shape index (κ3) is 4.68. The summed E-state index contributed by atoms with van der Waals surface area (Å²) < 4.78 is 1.64. The number of amides is 1. The Morgan fingerprint density at radius 1 is 1.03 bits per heavy atom. The highest BCUT2D eigenvalue weighted by Gasteiger charge is 2.20. The molecule has 2 heterocycles. The minimum absolute atomic E-state index is 0.0876. The van der Waals surface area contributed by atoms with Gasteiger partial charge in [0.1, 0.15) is 4.83 Å². The Labute approximate surface area is 208 Å². The number of benzene rings is 2. The second-order valence-electron chi connectivity index (χ2n) is 8.67. The van der Waals surface area contributed by atoms with Gasteiger partial charge < -0.3 is 5.32 Å². The zero-order valence-corrected chi connectivity index (χ0v) is 22.0. The average Bonchev–Trinajstić information content (AvgIpc) is 3.11. The monoisotopic (exact) mass is 491 g/mol. The third-order valence-electron chi connectivity index (χ3n) is 5.92. The molecular weight excluding hydrogens is 462 g/mol. The first-order valence-electron chi connectivity index (χ1n) is 11.3. The highest BCUT2D eigenvalue weighted by Crippen LogP contribution is 2.31. The fourth-order valence-electron chi connectivity index (χ4n) is 4.25. The molecule has 1 N–H and O–H groups in total. The molecule has 0 aliphatic heterocycles. The van der Waals surface area contributed by atoms with Crippen LogP contribution in [0.3, 0.4) is 0 Å². The molecule has 0 unspecified atom stereocenters. The van der Waals surface area contributed by atoms with Gasteiger partial charge in [0.2, 0.25) is 5.91 Å². The summed E-state index contributed by atoms with van der Waals surface area (Å²) in [7, 11) is 0. The average molecular weight is 492 g/mol. The Morgan fingerprint density at radius 3 is 2.29 bits per heavy atom. The van der Waals surface area contributed by atoms with Gasteiger partial charge in [0, 0.05) is 10.6 Å². The molecule has 0 aliphatic carbocycles. The summed E-state index contributed by atoms with van der Waals surface area (Å²) in [5.41, 5.74) is 6.86. The van der Waals surface area contributed by atoms with E-state index in [9.17, 15) is 9.59 Å². The molecule has 0 fully saturated rings. The first kappa shape index (κ1) is 24.2. The van der Waals surface area contributed by atoms with Gasteiger partial charge in [-0.25, -0.2) is 4.98 Å².